The van der Waals surface area contributed by atoms with E-state index in [-0.39, 0.29) is 40.7 Å². The predicted octanol–water partition coefficient (Wildman–Crippen LogP) is 6.13. The minimum absolute atomic E-state index is 0.115. The largest absolute Gasteiger partial charge is 0.573 e. The summed E-state index contributed by atoms with van der Waals surface area (Å²) >= 11 is 0. The summed E-state index contributed by atoms with van der Waals surface area (Å²) in [5, 5.41) is 8.60. The molecule has 2 fully saturated rings. The number of imidazole rings is 1. The first-order valence-electron chi connectivity index (χ1n) is 17.8. The maximum Gasteiger partial charge on any atom is 0.573 e. The van der Waals surface area contributed by atoms with Crippen LogP contribution in [0.3, 0.4) is 0 Å². The van der Waals surface area contributed by atoms with Crippen LogP contribution in [0.15, 0.2) is 67.0 Å². The van der Waals surface area contributed by atoms with E-state index in [1.165, 1.54) is 25.4 Å². The Morgan fingerprint density at radius 2 is 1.74 bits per heavy atom. The number of halogens is 3. The Balaban J connectivity index is 1.17. The summed E-state index contributed by atoms with van der Waals surface area (Å²) in [5.74, 6) is -0.0880. The highest BCUT2D eigenvalue weighted by Gasteiger charge is 2.37. The molecule has 0 spiro atoms. The van der Waals surface area contributed by atoms with E-state index in [4.69, 9.17) is 4.74 Å². The number of alkyl carbamates (subject to hydrolysis) is 1. The first-order valence-corrected chi connectivity index (χ1v) is 17.8. The Labute approximate surface area is 310 Å². The van der Waals surface area contributed by atoms with Crippen molar-refractivity contribution in [2.24, 2.45) is 5.92 Å². The molecule has 4 aromatic rings. The van der Waals surface area contributed by atoms with Gasteiger partial charge in [0.15, 0.2) is 0 Å². The molecule has 0 bridgehead atoms. The summed E-state index contributed by atoms with van der Waals surface area (Å²) in [7, 11) is 1.24. The van der Waals surface area contributed by atoms with Crippen LogP contribution in [0.4, 0.5) is 29.5 Å². The van der Waals surface area contributed by atoms with Crippen molar-refractivity contribution in [2.75, 3.05) is 43.5 Å². The smallest absolute Gasteiger partial charge is 0.453 e. The van der Waals surface area contributed by atoms with Crippen molar-refractivity contribution in [3.63, 3.8) is 0 Å². The van der Waals surface area contributed by atoms with Gasteiger partial charge in [0.1, 0.15) is 23.4 Å². The molecule has 0 saturated carbocycles. The lowest BCUT2D eigenvalue weighted by Crippen LogP contribution is -2.51. The lowest BCUT2D eigenvalue weighted by atomic mass is 10.0. The number of alkyl halides is 3. The van der Waals surface area contributed by atoms with Crippen molar-refractivity contribution in [1.29, 1.82) is 0 Å². The van der Waals surface area contributed by atoms with Gasteiger partial charge in [0.25, 0.3) is 5.91 Å². The van der Waals surface area contributed by atoms with Crippen molar-refractivity contribution < 1.29 is 37.0 Å². The Hall–Kier alpha value is -5.64. The highest BCUT2D eigenvalue weighted by Crippen LogP contribution is 2.38. The third-order valence-corrected chi connectivity index (χ3v) is 9.62. The molecule has 0 aliphatic carbocycles. The molecule has 4 N–H and O–H groups in total. The predicted molar refractivity (Wildman–Crippen MR) is 196 cm³/mol. The second-order valence-electron chi connectivity index (χ2n) is 13.7. The molecule has 54 heavy (non-hydrogen) atoms. The van der Waals surface area contributed by atoms with Crippen molar-refractivity contribution >= 4 is 29.4 Å². The SMILES string of the molecule is COC(=O)NC(C(=O)N1CCCC1c1ncc(-c2ccc(-c3ccc(NC(=O)c4ccc(N5CCNCC5C)nc4)cc3OC(F)(F)F)cc2)[nH]1)C(C)C. The number of likely N-dealkylation sites (tertiary alicyclic amines) is 1. The van der Waals surface area contributed by atoms with E-state index in [2.05, 4.69) is 47.5 Å². The zero-order chi connectivity index (χ0) is 38.6. The number of rotatable bonds is 10. The van der Waals surface area contributed by atoms with Crippen LogP contribution >= 0.6 is 0 Å². The van der Waals surface area contributed by atoms with Crippen molar-refractivity contribution in [3.05, 3.63) is 78.4 Å². The maximum absolute atomic E-state index is 13.6. The molecular formula is C38H43F3N8O5. The Morgan fingerprint density at radius 3 is 2.41 bits per heavy atom. The number of piperazine rings is 1. The van der Waals surface area contributed by atoms with E-state index in [0.29, 0.717) is 35.6 Å². The number of methoxy groups -OCH3 is 1. The number of carbonyl (C=O) groups excluding carboxylic acids is 3. The molecule has 2 aromatic carbocycles. The molecule has 3 amide bonds. The maximum atomic E-state index is 13.6. The lowest BCUT2D eigenvalue weighted by molar-refractivity contribution is -0.274. The number of benzene rings is 2. The number of nitrogens with one attached hydrogen (secondary N) is 4. The number of aromatic nitrogens is 3. The quantitative estimate of drug-likeness (QED) is 0.150. The third kappa shape index (κ3) is 8.76. The number of hydrogen-bond donors (Lipinski definition) is 4. The number of anilines is 2. The molecule has 3 unspecified atom stereocenters. The van der Waals surface area contributed by atoms with Gasteiger partial charge in [-0.15, -0.1) is 13.2 Å². The van der Waals surface area contributed by atoms with E-state index >= 15 is 0 Å². The number of nitrogens with zero attached hydrogens (tertiary/aromatic N) is 4. The molecule has 13 nitrogen and oxygen atoms in total. The molecule has 2 aliphatic rings. The van der Waals surface area contributed by atoms with Gasteiger partial charge in [0.05, 0.1) is 30.6 Å². The summed E-state index contributed by atoms with van der Waals surface area (Å²) < 4.78 is 49.9. The zero-order valence-electron chi connectivity index (χ0n) is 30.4. The van der Waals surface area contributed by atoms with Crippen LogP contribution in [0.5, 0.6) is 5.75 Å². The van der Waals surface area contributed by atoms with Gasteiger partial charge < -0.3 is 40.2 Å². The van der Waals surface area contributed by atoms with Gasteiger partial charge in [0.2, 0.25) is 5.91 Å². The fourth-order valence-corrected chi connectivity index (χ4v) is 6.80. The summed E-state index contributed by atoms with van der Waals surface area (Å²) in [5.41, 5.74) is 2.35. The van der Waals surface area contributed by atoms with E-state index in [0.717, 1.165) is 37.9 Å². The highest BCUT2D eigenvalue weighted by atomic mass is 19.4. The average Bonchev–Trinajstić information content (AvgIpc) is 3.84. The Morgan fingerprint density at radius 1 is 0.981 bits per heavy atom. The highest BCUT2D eigenvalue weighted by molar-refractivity contribution is 6.04. The van der Waals surface area contributed by atoms with E-state index in [9.17, 15) is 27.6 Å². The minimum Gasteiger partial charge on any atom is -0.453 e. The molecule has 2 saturated heterocycles. The second kappa shape index (κ2) is 16.2. The number of amides is 3. The van der Waals surface area contributed by atoms with Crippen molar-refractivity contribution in [1.82, 2.24) is 30.5 Å². The molecule has 16 heteroatoms. The van der Waals surface area contributed by atoms with Crippen LogP contribution in [-0.4, -0.2) is 89.5 Å². The van der Waals surface area contributed by atoms with Gasteiger partial charge in [0, 0.05) is 55.7 Å². The second-order valence-corrected chi connectivity index (χ2v) is 13.7. The van der Waals surface area contributed by atoms with Crippen LogP contribution in [0.25, 0.3) is 22.4 Å². The molecule has 3 atom stereocenters. The third-order valence-electron chi connectivity index (χ3n) is 9.62. The van der Waals surface area contributed by atoms with Gasteiger partial charge in [-0.2, -0.15) is 0 Å². The number of hydrogen-bond acceptors (Lipinski definition) is 9. The van der Waals surface area contributed by atoms with Gasteiger partial charge in [-0.25, -0.2) is 14.8 Å². The van der Waals surface area contributed by atoms with E-state index in [1.807, 2.05) is 13.8 Å². The van der Waals surface area contributed by atoms with Crippen molar-refractivity contribution in [2.45, 2.75) is 58.1 Å². The Kier molecular flexibility index (Phi) is 11.4. The van der Waals surface area contributed by atoms with Crippen LogP contribution in [0.1, 0.15) is 55.8 Å². The molecule has 2 aromatic heterocycles. The number of carbonyl (C=O) groups is 3. The van der Waals surface area contributed by atoms with Crippen LogP contribution < -0.4 is 25.6 Å². The lowest BCUT2D eigenvalue weighted by Gasteiger charge is -2.34. The molecule has 0 radical (unpaired) electrons. The molecule has 4 heterocycles. The molecule has 6 rings (SSSR count). The van der Waals surface area contributed by atoms with E-state index in [1.54, 1.807) is 47.5 Å². The van der Waals surface area contributed by atoms with Crippen LogP contribution in [-0.2, 0) is 9.53 Å². The zero-order valence-corrected chi connectivity index (χ0v) is 30.4. The van der Waals surface area contributed by atoms with E-state index < -0.39 is 30.2 Å². The number of aromatic amines is 1. The molecular weight excluding hydrogens is 705 g/mol. The van der Waals surface area contributed by atoms with Gasteiger partial charge in [-0.05, 0) is 61.1 Å². The summed E-state index contributed by atoms with van der Waals surface area (Å²) in [6, 6.07) is 13.4. The van der Waals surface area contributed by atoms with Gasteiger partial charge in [-0.3, -0.25) is 9.59 Å². The standard InChI is InChI=1S/C38H43F3N8O5/c1-22(2)33(47-37(52)53-4)36(51)49-16-5-6-30(49)34-44-21-29(46-34)25-9-7-24(8-10-25)28-13-12-27(18-31(28)54-38(39,40)41)45-35(50)26-11-14-32(43-20-26)48-17-15-42-19-23(48)3/h7-14,18,20-23,30,33,42H,5-6,15-17,19H2,1-4H3,(H,44,46)(H,45,50)(H,47,52). The average molecular weight is 749 g/mol. The fourth-order valence-electron chi connectivity index (χ4n) is 6.80. The van der Waals surface area contributed by atoms with Crippen LogP contribution in [0.2, 0.25) is 0 Å². The number of H-pyrrole nitrogens is 1. The topological polar surface area (TPSA) is 154 Å². The molecule has 2 aliphatic heterocycles. The normalized spacial score (nSPS) is 18.0. The monoisotopic (exact) mass is 748 g/mol. The molecule has 286 valence electrons. The summed E-state index contributed by atoms with van der Waals surface area (Å²) in [6.45, 7) is 8.70. The Bertz CT molecular complexity index is 1950. The minimum atomic E-state index is -4.98. The van der Waals surface area contributed by atoms with Gasteiger partial charge >= 0.3 is 12.5 Å². The fraction of sp³-hybridized carbons (Fsp3) is 0.395. The van der Waals surface area contributed by atoms with Crippen LogP contribution in [0, 0.1) is 5.92 Å². The van der Waals surface area contributed by atoms with Gasteiger partial charge in [-0.1, -0.05) is 38.1 Å². The van der Waals surface area contributed by atoms with Crippen molar-refractivity contribution in [3.8, 4) is 28.1 Å². The first kappa shape index (κ1) is 38.1. The summed E-state index contributed by atoms with van der Waals surface area (Å²) in [4.78, 5) is 54.6. The number of ether oxygens (including phenoxy) is 2. The summed E-state index contributed by atoms with van der Waals surface area (Å²) in [6.07, 6.45) is -1.14. The first-order chi connectivity index (χ1) is 25.8. The number of pyridine rings is 1.